The van der Waals surface area contributed by atoms with E-state index in [1.54, 1.807) is 24.0 Å². The van der Waals surface area contributed by atoms with Gasteiger partial charge in [0.15, 0.2) is 5.11 Å². The third-order valence-corrected chi connectivity index (χ3v) is 2.30. The Balaban J connectivity index is 2.78. The highest BCUT2D eigenvalue weighted by atomic mass is 32.1. The molecule has 1 N–H and O–H groups in total. The fraction of sp³-hybridized carbons (Fsp3) is 0.300. The Bertz CT molecular complexity index is 350. The molecule has 0 saturated heterocycles. The van der Waals surface area contributed by atoms with Crippen LogP contribution in [0.3, 0.4) is 0 Å². The first-order valence-corrected chi connectivity index (χ1v) is 4.66. The highest BCUT2D eigenvalue weighted by molar-refractivity contribution is 7.80. The summed E-state index contributed by atoms with van der Waals surface area (Å²) in [5, 5.41) is 3.49. The number of anilines is 1. The predicted octanol–water partition coefficient (Wildman–Crippen LogP) is 2.39. The molecule has 0 bridgehead atoms. The molecule has 2 nitrogen and oxygen atoms in total. The van der Waals surface area contributed by atoms with Crippen LogP contribution in [0.15, 0.2) is 18.2 Å². The van der Waals surface area contributed by atoms with Crippen molar-refractivity contribution in [3.8, 4) is 0 Å². The fourth-order valence-corrected chi connectivity index (χ4v) is 1.02. The zero-order valence-electron chi connectivity index (χ0n) is 8.47. The molecular formula is C10H13FN2S. The van der Waals surface area contributed by atoms with Gasteiger partial charge in [-0.15, -0.1) is 0 Å². The Labute approximate surface area is 88.7 Å². The number of aryl methyl sites for hydroxylation is 1. The van der Waals surface area contributed by atoms with Crippen LogP contribution < -0.4 is 5.32 Å². The number of hydrogen-bond acceptors (Lipinski definition) is 1. The Kier molecular flexibility index (Phi) is 3.41. The van der Waals surface area contributed by atoms with E-state index in [9.17, 15) is 4.39 Å². The zero-order chi connectivity index (χ0) is 10.7. The zero-order valence-corrected chi connectivity index (χ0v) is 9.28. The van der Waals surface area contributed by atoms with Gasteiger partial charge in [0.1, 0.15) is 5.82 Å². The molecule has 76 valence electrons. The summed E-state index contributed by atoms with van der Waals surface area (Å²) in [7, 11) is 3.67. The van der Waals surface area contributed by atoms with Gasteiger partial charge >= 0.3 is 0 Å². The van der Waals surface area contributed by atoms with Crippen molar-refractivity contribution in [2.24, 2.45) is 0 Å². The highest BCUT2D eigenvalue weighted by Gasteiger charge is 2.02. The van der Waals surface area contributed by atoms with Crippen molar-refractivity contribution < 1.29 is 4.39 Å². The Hall–Kier alpha value is -1.16. The van der Waals surface area contributed by atoms with Crippen LogP contribution in [0.1, 0.15) is 5.56 Å². The second-order valence-electron chi connectivity index (χ2n) is 3.29. The van der Waals surface area contributed by atoms with Crippen LogP contribution in [-0.2, 0) is 0 Å². The molecule has 0 heterocycles. The van der Waals surface area contributed by atoms with Crippen molar-refractivity contribution in [1.29, 1.82) is 0 Å². The van der Waals surface area contributed by atoms with Gasteiger partial charge in [0, 0.05) is 19.8 Å². The molecule has 1 rings (SSSR count). The maximum atomic E-state index is 13.1. The first kappa shape index (κ1) is 10.9. The normalized spacial score (nSPS) is 9.71. The molecule has 0 radical (unpaired) electrons. The Morgan fingerprint density at radius 3 is 2.57 bits per heavy atom. The van der Waals surface area contributed by atoms with Gasteiger partial charge in [0.05, 0.1) is 0 Å². The van der Waals surface area contributed by atoms with Crippen LogP contribution in [0.5, 0.6) is 0 Å². The molecular weight excluding hydrogens is 199 g/mol. The molecule has 0 aliphatic rings. The minimum atomic E-state index is -0.225. The molecule has 4 heteroatoms. The van der Waals surface area contributed by atoms with Crippen LogP contribution in [0.2, 0.25) is 0 Å². The first-order valence-electron chi connectivity index (χ1n) is 4.25. The molecule has 0 spiro atoms. The minimum Gasteiger partial charge on any atom is -0.355 e. The third kappa shape index (κ3) is 2.67. The summed E-state index contributed by atoms with van der Waals surface area (Å²) in [5.74, 6) is -0.225. The Morgan fingerprint density at radius 1 is 1.43 bits per heavy atom. The summed E-state index contributed by atoms with van der Waals surface area (Å²) in [6.45, 7) is 1.73. The van der Waals surface area contributed by atoms with Crippen molar-refractivity contribution in [1.82, 2.24) is 4.90 Å². The van der Waals surface area contributed by atoms with Gasteiger partial charge < -0.3 is 10.2 Å². The molecule has 14 heavy (non-hydrogen) atoms. The number of benzene rings is 1. The largest absolute Gasteiger partial charge is 0.355 e. The minimum absolute atomic E-state index is 0.225. The average molecular weight is 212 g/mol. The van der Waals surface area contributed by atoms with E-state index in [2.05, 4.69) is 5.32 Å². The molecule has 0 unspecified atom stereocenters. The molecule has 0 aromatic heterocycles. The van der Waals surface area contributed by atoms with Crippen molar-refractivity contribution in [3.63, 3.8) is 0 Å². The van der Waals surface area contributed by atoms with Gasteiger partial charge in [0.2, 0.25) is 0 Å². The first-order chi connectivity index (χ1) is 6.50. The van der Waals surface area contributed by atoms with Crippen LogP contribution >= 0.6 is 12.2 Å². The molecule has 0 aliphatic carbocycles. The van der Waals surface area contributed by atoms with Crippen molar-refractivity contribution in [2.75, 3.05) is 19.4 Å². The molecule has 0 saturated carbocycles. The summed E-state index contributed by atoms with van der Waals surface area (Å²) >= 11 is 5.03. The SMILES string of the molecule is Cc1ccc(NC(=S)N(C)C)cc1F. The van der Waals surface area contributed by atoms with Crippen molar-refractivity contribution >= 4 is 23.0 Å². The lowest BCUT2D eigenvalue weighted by Gasteiger charge is -2.15. The highest BCUT2D eigenvalue weighted by Crippen LogP contribution is 2.13. The number of nitrogens with one attached hydrogen (secondary N) is 1. The van der Waals surface area contributed by atoms with E-state index in [1.165, 1.54) is 6.07 Å². The standard InChI is InChI=1S/C10H13FN2S/c1-7-4-5-8(6-9(7)11)12-10(14)13(2)3/h4-6H,1-3H3,(H,12,14). The number of rotatable bonds is 1. The molecule has 0 aliphatic heterocycles. The van der Waals surface area contributed by atoms with Gasteiger partial charge in [-0.05, 0) is 36.8 Å². The molecule has 1 aromatic carbocycles. The number of nitrogens with zero attached hydrogens (tertiary/aromatic N) is 1. The van der Waals surface area contributed by atoms with E-state index in [1.807, 2.05) is 14.1 Å². The smallest absolute Gasteiger partial charge is 0.172 e. The van der Waals surface area contributed by atoms with E-state index in [0.29, 0.717) is 16.4 Å². The van der Waals surface area contributed by atoms with E-state index in [0.717, 1.165) is 0 Å². The number of thiocarbonyl (C=S) groups is 1. The van der Waals surface area contributed by atoms with Gasteiger partial charge in [0.25, 0.3) is 0 Å². The predicted molar refractivity (Wildman–Crippen MR) is 61.0 cm³/mol. The van der Waals surface area contributed by atoms with Crippen LogP contribution in [-0.4, -0.2) is 24.1 Å². The molecule has 0 amide bonds. The lowest BCUT2D eigenvalue weighted by atomic mass is 10.2. The maximum Gasteiger partial charge on any atom is 0.172 e. The monoisotopic (exact) mass is 212 g/mol. The lowest BCUT2D eigenvalue weighted by Crippen LogP contribution is -2.27. The Morgan fingerprint density at radius 2 is 2.07 bits per heavy atom. The summed E-state index contributed by atoms with van der Waals surface area (Å²) in [6, 6.07) is 4.95. The van der Waals surface area contributed by atoms with E-state index in [-0.39, 0.29) is 5.82 Å². The summed E-state index contributed by atoms with van der Waals surface area (Å²) in [6.07, 6.45) is 0. The van der Waals surface area contributed by atoms with Gasteiger partial charge in [-0.3, -0.25) is 0 Å². The second-order valence-corrected chi connectivity index (χ2v) is 3.68. The lowest BCUT2D eigenvalue weighted by molar-refractivity contribution is 0.618. The number of halogens is 1. The average Bonchev–Trinajstić information content (AvgIpc) is 2.11. The third-order valence-electron chi connectivity index (χ3n) is 1.83. The van der Waals surface area contributed by atoms with Crippen LogP contribution in [0, 0.1) is 12.7 Å². The van der Waals surface area contributed by atoms with Gasteiger partial charge in [-0.1, -0.05) is 6.07 Å². The van der Waals surface area contributed by atoms with Crippen molar-refractivity contribution in [3.05, 3.63) is 29.6 Å². The molecule has 0 atom stereocenters. The van der Waals surface area contributed by atoms with E-state index < -0.39 is 0 Å². The van der Waals surface area contributed by atoms with Gasteiger partial charge in [-0.25, -0.2) is 4.39 Å². The molecule has 1 aromatic rings. The quantitative estimate of drug-likeness (QED) is 0.720. The maximum absolute atomic E-state index is 13.1. The molecule has 0 fully saturated rings. The van der Waals surface area contributed by atoms with Crippen LogP contribution in [0.25, 0.3) is 0 Å². The van der Waals surface area contributed by atoms with E-state index in [4.69, 9.17) is 12.2 Å². The number of hydrogen-bond donors (Lipinski definition) is 1. The fourth-order valence-electron chi connectivity index (χ4n) is 0.906. The van der Waals surface area contributed by atoms with Crippen LogP contribution in [0.4, 0.5) is 10.1 Å². The summed E-state index contributed by atoms with van der Waals surface area (Å²) in [5.41, 5.74) is 1.30. The second kappa shape index (κ2) is 4.37. The van der Waals surface area contributed by atoms with E-state index >= 15 is 0 Å². The summed E-state index contributed by atoms with van der Waals surface area (Å²) in [4.78, 5) is 1.76. The topological polar surface area (TPSA) is 15.3 Å². The van der Waals surface area contributed by atoms with Gasteiger partial charge in [-0.2, -0.15) is 0 Å². The summed E-state index contributed by atoms with van der Waals surface area (Å²) < 4.78 is 13.1. The van der Waals surface area contributed by atoms with Crippen molar-refractivity contribution in [2.45, 2.75) is 6.92 Å².